The van der Waals surface area contributed by atoms with Crippen LogP contribution in [0.4, 0.5) is 0 Å². The second-order valence-corrected chi connectivity index (χ2v) is 10.1. The zero-order valence-corrected chi connectivity index (χ0v) is 20.5. The maximum atomic E-state index is 6.25. The van der Waals surface area contributed by atoms with Gasteiger partial charge in [-0.25, -0.2) is 0 Å². The van der Waals surface area contributed by atoms with E-state index in [2.05, 4.69) is 82.3 Å². The Labute approximate surface area is 201 Å². The van der Waals surface area contributed by atoms with Crippen molar-refractivity contribution >= 4 is 21.9 Å². The average molecular weight is 446 g/mol. The quantitative estimate of drug-likeness (QED) is 0.278. The number of aryl methyl sites for hydroxylation is 4. The van der Waals surface area contributed by atoms with Crippen LogP contribution in [-0.4, -0.2) is 4.98 Å². The molecule has 0 saturated heterocycles. The van der Waals surface area contributed by atoms with E-state index in [1.807, 2.05) is 6.20 Å². The van der Waals surface area contributed by atoms with Crippen LogP contribution in [0.15, 0.2) is 65.2 Å². The monoisotopic (exact) mass is 445 g/mol. The van der Waals surface area contributed by atoms with Gasteiger partial charge < -0.3 is 4.42 Å². The largest absolute Gasteiger partial charge is 0.456 e. The topological polar surface area (TPSA) is 26.0 Å². The Bertz CT molecular complexity index is 1560. The van der Waals surface area contributed by atoms with Gasteiger partial charge in [0.05, 0.1) is 5.69 Å². The minimum atomic E-state index is 0.334. The zero-order chi connectivity index (χ0) is 23.4. The highest BCUT2D eigenvalue weighted by Gasteiger charge is 2.16. The first-order valence-corrected chi connectivity index (χ1v) is 12.5. The molecule has 0 amide bonds. The van der Waals surface area contributed by atoms with E-state index in [1.165, 1.54) is 58.9 Å². The third-order valence-electron chi connectivity index (χ3n) is 8.03. The third kappa shape index (κ3) is 3.44. The van der Waals surface area contributed by atoms with Crippen molar-refractivity contribution in [3.8, 4) is 11.3 Å². The van der Waals surface area contributed by atoms with E-state index in [0.717, 1.165) is 27.8 Å². The van der Waals surface area contributed by atoms with Gasteiger partial charge in [-0.15, -0.1) is 0 Å². The van der Waals surface area contributed by atoms with E-state index in [9.17, 15) is 0 Å². The lowest BCUT2D eigenvalue weighted by Crippen LogP contribution is -2.05. The molecular formula is C32H31NO. The van der Waals surface area contributed by atoms with Crippen LogP contribution in [0.5, 0.6) is 0 Å². The van der Waals surface area contributed by atoms with E-state index in [1.54, 1.807) is 11.1 Å². The first-order chi connectivity index (χ1) is 16.5. The molecule has 0 N–H and O–H groups in total. The Kier molecular flexibility index (Phi) is 5.06. The summed E-state index contributed by atoms with van der Waals surface area (Å²) in [4.78, 5) is 4.75. The molecule has 2 nitrogen and oxygen atoms in total. The van der Waals surface area contributed by atoms with Crippen LogP contribution in [0, 0.1) is 20.8 Å². The van der Waals surface area contributed by atoms with Crippen LogP contribution < -0.4 is 0 Å². The molecule has 170 valence electrons. The molecule has 1 aliphatic carbocycles. The van der Waals surface area contributed by atoms with Crippen LogP contribution in [0.2, 0.25) is 0 Å². The van der Waals surface area contributed by atoms with Gasteiger partial charge in [0, 0.05) is 28.5 Å². The molecule has 2 aromatic heterocycles. The van der Waals surface area contributed by atoms with Crippen molar-refractivity contribution in [3.05, 3.63) is 99.7 Å². The maximum Gasteiger partial charge on any atom is 0.138 e. The fourth-order valence-electron chi connectivity index (χ4n) is 5.58. The Morgan fingerprint density at radius 1 is 0.765 bits per heavy atom. The normalized spacial score (nSPS) is 14.5. The van der Waals surface area contributed by atoms with Crippen molar-refractivity contribution in [2.75, 3.05) is 0 Å². The Morgan fingerprint density at radius 2 is 1.56 bits per heavy atom. The summed E-state index contributed by atoms with van der Waals surface area (Å²) < 4.78 is 6.25. The highest BCUT2D eigenvalue weighted by molar-refractivity contribution is 6.07. The molecule has 1 atom stereocenters. The summed E-state index contributed by atoms with van der Waals surface area (Å²) in [5, 5.41) is 2.35. The van der Waals surface area contributed by atoms with Gasteiger partial charge in [-0.2, -0.15) is 0 Å². The summed E-state index contributed by atoms with van der Waals surface area (Å²) in [7, 11) is 0. The number of fused-ring (bicyclic) bond motifs is 4. The lowest BCUT2D eigenvalue weighted by atomic mass is 9.86. The van der Waals surface area contributed by atoms with Crippen LogP contribution >= 0.6 is 0 Å². The van der Waals surface area contributed by atoms with Crippen LogP contribution in [0.1, 0.15) is 64.6 Å². The van der Waals surface area contributed by atoms with E-state index in [4.69, 9.17) is 9.40 Å². The summed E-state index contributed by atoms with van der Waals surface area (Å²) in [5.41, 5.74) is 13.7. The van der Waals surface area contributed by atoms with Gasteiger partial charge in [0.15, 0.2) is 0 Å². The molecule has 0 saturated carbocycles. The SMILES string of the molecule is Cc1cc2c(oc3ccc(-c4cc(C(C)c5ccc6c(c5)CCCC6)ccn4)cc32)c(C)c1C. The lowest BCUT2D eigenvalue weighted by molar-refractivity contribution is 0.665. The highest BCUT2D eigenvalue weighted by atomic mass is 16.3. The van der Waals surface area contributed by atoms with Crippen LogP contribution in [0.25, 0.3) is 33.2 Å². The summed E-state index contributed by atoms with van der Waals surface area (Å²) in [6, 6.07) is 20.3. The summed E-state index contributed by atoms with van der Waals surface area (Å²) in [6.45, 7) is 8.81. The minimum absolute atomic E-state index is 0.334. The van der Waals surface area contributed by atoms with Crippen molar-refractivity contribution < 1.29 is 4.42 Å². The minimum Gasteiger partial charge on any atom is -0.456 e. The number of rotatable bonds is 3. The molecule has 1 aliphatic rings. The van der Waals surface area contributed by atoms with E-state index in [-0.39, 0.29) is 0 Å². The molecule has 6 rings (SSSR count). The number of furan rings is 1. The third-order valence-corrected chi connectivity index (χ3v) is 8.03. The number of hydrogen-bond acceptors (Lipinski definition) is 2. The van der Waals surface area contributed by atoms with Gasteiger partial charge in [-0.3, -0.25) is 4.98 Å². The van der Waals surface area contributed by atoms with Gasteiger partial charge >= 0.3 is 0 Å². The molecule has 34 heavy (non-hydrogen) atoms. The molecule has 2 heteroatoms. The lowest BCUT2D eigenvalue weighted by Gasteiger charge is -2.20. The molecule has 3 aromatic carbocycles. The highest BCUT2D eigenvalue weighted by Crippen LogP contribution is 2.36. The molecule has 0 fully saturated rings. The van der Waals surface area contributed by atoms with Crippen molar-refractivity contribution in [2.24, 2.45) is 0 Å². The second kappa shape index (κ2) is 8.13. The Morgan fingerprint density at radius 3 is 2.41 bits per heavy atom. The standard InChI is InChI=1S/C32H31NO/c1-19-15-29-28-17-27(11-12-31(28)34-32(29)21(3)20(19)2)30-18-25(13-14-33-30)22(4)24-10-9-23-7-5-6-8-26(23)16-24/h9-18,22H,5-8H2,1-4H3. The summed E-state index contributed by atoms with van der Waals surface area (Å²) >= 11 is 0. The molecule has 0 bridgehead atoms. The van der Waals surface area contributed by atoms with Gasteiger partial charge in [0.1, 0.15) is 11.2 Å². The number of pyridine rings is 1. The van der Waals surface area contributed by atoms with Crippen LogP contribution in [0.3, 0.4) is 0 Å². The van der Waals surface area contributed by atoms with Gasteiger partial charge in [-0.05, 0) is 122 Å². The number of hydrogen-bond donors (Lipinski definition) is 0. The van der Waals surface area contributed by atoms with E-state index in [0.29, 0.717) is 5.92 Å². The second-order valence-electron chi connectivity index (χ2n) is 10.1. The predicted molar refractivity (Wildman–Crippen MR) is 142 cm³/mol. The van der Waals surface area contributed by atoms with Crippen molar-refractivity contribution in [1.82, 2.24) is 4.98 Å². The van der Waals surface area contributed by atoms with E-state index < -0.39 is 0 Å². The first-order valence-electron chi connectivity index (χ1n) is 12.5. The fourth-order valence-corrected chi connectivity index (χ4v) is 5.58. The van der Waals surface area contributed by atoms with Crippen molar-refractivity contribution in [2.45, 2.75) is 59.3 Å². The predicted octanol–water partition coefficient (Wildman–Crippen LogP) is 8.60. The Balaban J connectivity index is 1.40. The summed E-state index contributed by atoms with van der Waals surface area (Å²) in [5.74, 6) is 0.334. The number of aromatic nitrogens is 1. The van der Waals surface area contributed by atoms with E-state index >= 15 is 0 Å². The molecular weight excluding hydrogens is 414 g/mol. The fraction of sp³-hybridized carbons (Fsp3) is 0.281. The molecule has 0 radical (unpaired) electrons. The molecule has 5 aromatic rings. The molecule has 0 spiro atoms. The molecule has 2 heterocycles. The smallest absolute Gasteiger partial charge is 0.138 e. The Hall–Kier alpha value is -3.39. The van der Waals surface area contributed by atoms with Crippen molar-refractivity contribution in [1.29, 1.82) is 0 Å². The number of nitrogens with zero attached hydrogens (tertiary/aromatic N) is 1. The summed E-state index contributed by atoms with van der Waals surface area (Å²) in [6.07, 6.45) is 7.04. The number of benzene rings is 3. The first kappa shape index (κ1) is 21.2. The van der Waals surface area contributed by atoms with Gasteiger partial charge in [-0.1, -0.05) is 25.1 Å². The maximum absolute atomic E-state index is 6.25. The van der Waals surface area contributed by atoms with Crippen molar-refractivity contribution in [3.63, 3.8) is 0 Å². The zero-order valence-electron chi connectivity index (χ0n) is 20.5. The van der Waals surface area contributed by atoms with Crippen LogP contribution in [-0.2, 0) is 12.8 Å². The average Bonchev–Trinajstić information content (AvgIpc) is 3.24. The van der Waals surface area contributed by atoms with Gasteiger partial charge in [0.2, 0.25) is 0 Å². The molecule has 1 unspecified atom stereocenters. The molecule has 0 aliphatic heterocycles. The van der Waals surface area contributed by atoms with Gasteiger partial charge in [0.25, 0.3) is 0 Å².